The van der Waals surface area contributed by atoms with E-state index in [1.807, 2.05) is 50.1 Å². The Morgan fingerprint density at radius 3 is 2.42 bits per heavy atom. The average Bonchev–Trinajstić information content (AvgIpc) is 3.90. The van der Waals surface area contributed by atoms with Crippen LogP contribution in [0.5, 0.6) is 5.75 Å². The van der Waals surface area contributed by atoms with Crippen LogP contribution in [0.25, 0.3) is 10.9 Å². The Morgan fingerprint density at radius 1 is 0.950 bits per heavy atom. The normalized spacial score (nSPS) is 36.8. The van der Waals surface area contributed by atoms with Crippen molar-refractivity contribution < 1.29 is 43.5 Å². The molecule has 3 N–H and O–H groups in total. The van der Waals surface area contributed by atoms with E-state index >= 15 is 4.79 Å². The molecule has 1 spiro atoms. The lowest BCUT2D eigenvalue weighted by atomic mass is 9.47. The van der Waals surface area contributed by atoms with Crippen LogP contribution in [0.15, 0.2) is 48.6 Å². The van der Waals surface area contributed by atoms with E-state index in [1.54, 1.807) is 7.11 Å². The lowest BCUT2D eigenvalue weighted by Gasteiger charge is -2.63. The van der Waals surface area contributed by atoms with Gasteiger partial charge in [-0.25, -0.2) is 4.79 Å². The van der Waals surface area contributed by atoms with E-state index in [0.29, 0.717) is 82.4 Å². The number of aromatic nitrogens is 1. The third kappa shape index (κ3) is 5.34. The fourth-order valence-electron chi connectivity index (χ4n) is 13.6. The van der Waals surface area contributed by atoms with Crippen molar-refractivity contribution in [3.05, 3.63) is 70.9 Å². The summed E-state index contributed by atoms with van der Waals surface area (Å²) in [5.41, 5.74) is -1.42. The Bertz CT molecular complexity index is 2270. The van der Waals surface area contributed by atoms with Crippen LogP contribution in [-0.2, 0) is 45.8 Å². The van der Waals surface area contributed by atoms with Crippen LogP contribution in [0.2, 0.25) is 0 Å². The molecule has 6 aliphatic rings. The number of aliphatic hydroxyl groups is 2. The zero-order chi connectivity index (χ0) is 42.6. The summed E-state index contributed by atoms with van der Waals surface area (Å²) in [6.45, 7) is 8.82. The first kappa shape index (κ1) is 40.9. The zero-order valence-corrected chi connectivity index (χ0v) is 36.0. The van der Waals surface area contributed by atoms with Crippen molar-refractivity contribution >= 4 is 34.5 Å². The number of para-hydroxylation sites is 1. The first-order valence-electron chi connectivity index (χ1n) is 21.7. The third-order valence-electron chi connectivity index (χ3n) is 15.9. The third-order valence-corrected chi connectivity index (χ3v) is 15.9. The predicted octanol–water partition coefficient (Wildman–Crippen LogP) is 4.38. The number of ether oxygens (including phenoxy) is 4. The van der Waals surface area contributed by atoms with Crippen LogP contribution in [0.4, 0.5) is 5.69 Å². The number of hydrogen-bond acceptors (Lipinski definition) is 12. The molecule has 322 valence electrons. The number of piperidine rings is 1. The van der Waals surface area contributed by atoms with Crippen molar-refractivity contribution in [2.45, 2.75) is 106 Å². The molecule has 0 amide bonds. The lowest BCUT2D eigenvalue weighted by Crippen LogP contribution is -2.81. The Balaban J connectivity index is 1.34. The molecule has 2 bridgehead atoms. The SMILES string of the molecule is CC[C@@]1(O)CC2CC[C@](C(=O)OC)(c3cc4c(cc3OC)N(C)[C@H]3[C@@](O)(C(=O)OC)[C@H](OC(C)=O)[C@]5(CC)C=CCN6CC[C@]43[C@@H]65)c3[nH]c4ccccc4c3CCN(C2)C1. The highest BCUT2D eigenvalue weighted by atomic mass is 16.6. The smallest absolute Gasteiger partial charge is 0.344 e. The topological polar surface area (TPSA) is 154 Å². The molecule has 1 aromatic heterocycles. The number of hydrogen-bond donors (Lipinski definition) is 3. The monoisotopic (exact) mass is 824 g/mol. The minimum atomic E-state index is -2.30. The molecule has 1 saturated carbocycles. The Hall–Kier alpha value is -4.43. The van der Waals surface area contributed by atoms with Gasteiger partial charge in [0.15, 0.2) is 6.10 Å². The van der Waals surface area contributed by atoms with Crippen LogP contribution < -0.4 is 9.64 Å². The molecule has 9 rings (SSSR count). The summed E-state index contributed by atoms with van der Waals surface area (Å²) in [6.07, 6.45) is 6.81. The first-order chi connectivity index (χ1) is 28.7. The Labute approximate surface area is 352 Å². The molecule has 2 saturated heterocycles. The fraction of sp³-hybridized carbons (Fsp3) is 0.596. The number of rotatable bonds is 7. The number of anilines is 1. The highest BCUT2D eigenvalue weighted by molar-refractivity contribution is 5.95. The summed E-state index contributed by atoms with van der Waals surface area (Å²) in [5.74, 6) is -1.31. The van der Waals surface area contributed by atoms with Gasteiger partial charge in [-0.2, -0.15) is 0 Å². The minimum absolute atomic E-state index is 0.113. The Kier molecular flexibility index (Phi) is 9.77. The molecule has 60 heavy (non-hydrogen) atoms. The molecule has 6 heterocycles. The quantitative estimate of drug-likeness (QED) is 0.176. The molecule has 5 aliphatic heterocycles. The number of carbonyl (C=O) groups is 3. The molecule has 1 aliphatic carbocycles. The van der Waals surface area contributed by atoms with Crippen molar-refractivity contribution in [3.63, 3.8) is 0 Å². The van der Waals surface area contributed by atoms with E-state index in [2.05, 4.69) is 39.1 Å². The molecular formula is C47H60N4O9. The number of likely N-dealkylation sites (N-methyl/N-ethyl adjacent to an activating group) is 1. The maximum Gasteiger partial charge on any atom is 0.344 e. The lowest BCUT2D eigenvalue weighted by molar-refractivity contribution is -0.228. The van der Waals surface area contributed by atoms with E-state index in [1.165, 1.54) is 21.1 Å². The number of nitrogens with zero attached hydrogens (tertiary/aromatic N) is 3. The number of aromatic amines is 1. The summed E-state index contributed by atoms with van der Waals surface area (Å²) in [4.78, 5) is 53.2. The van der Waals surface area contributed by atoms with Crippen molar-refractivity contribution in [2.24, 2.45) is 11.3 Å². The molecule has 3 fully saturated rings. The second kappa shape index (κ2) is 14.3. The highest BCUT2D eigenvalue weighted by Gasteiger charge is 2.80. The number of carbonyl (C=O) groups excluding carboxylic acids is 3. The van der Waals surface area contributed by atoms with Gasteiger partial charge in [-0.05, 0) is 80.7 Å². The number of benzene rings is 2. The zero-order valence-electron chi connectivity index (χ0n) is 36.0. The highest BCUT2D eigenvalue weighted by Crippen LogP contribution is 2.68. The summed E-state index contributed by atoms with van der Waals surface area (Å²) in [6, 6.07) is 11.0. The van der Waals surface area contributed by atoms with Crippen LogP contribution in [-0.4, -0.2) is 133 Å². The predicted molar refractivity (Wildman–Crippen MR) is 225 cm³/mol. The second-order valence-electron chi connectivity index (χ2n) is 18.5. The molecule has 13 nitrogen and oxygen atoms in total. The number of H-pyrrole nitrogens is 1. The van der Waals surface area contributed by atoms with Crippen LogP contribution >= 0.6 is 0 Å². The average molecular weight is 825 g/mol. The fourth-order valence-corrected chi connectivity index (χ4v) is 13.6. The minimum Gasteiger partial charge on any atom is -0.496 e. The Morgan fingerprint density at radius 2 is 1.72 bits per heavy atom. The standard InChI is InChI=1S/C47H60N4O9/c1-8-43(55)25-29-15-18-45(41(53)58-6,37-31(16-21-50(26-29)27-43)30-13-10-11-14-34(30)48-37)33-23-32-35(24-36(33)57-5)49(4)39-46(32)19-22-51-20-12-17-44(9-2,38(46)51)40(60-28(3)52)47(39,56)42(54)59-7/h10-14,17,23-24,29,38-40,48,55-56H,8-9,15-16,18-22,25-27H2,1-7H3/t29?,38-,39+,40+,43+,44+,45-,46+,47-/m0/s1. The van der Waals surface area contributed by atoms with Crippen LogP contribution in [0, 0.1) is 11.3 Å². The summed E-state index contributed by atoms with van der Waals surface area (Å²) < 4.78 is 23.9. The molecule has 3 aromatic rings. The summed E-state index contributed by atoms with van der Waals surface area (Å²) in [5, 5.41) is 26.2. The van der Waals surface area contributed by atoms with Gasteiger partial charge in [-0.3, -0.25) is 19.4 Å². The first-order valence-corrected chi connectivity index (χ1v) is 21.7. The molecular weight excluding hydrogens is 765 g/mol. The number of nitrogens with one attached hydrogen (secondary N) is 1. The van der Waals surface area contributed by atoms with Crippen molar-refractivity contribution in [2.75, 3.05) is 66.0 Å². The van der Waals surface area contributed by atoms with Gasteiger partial charge in [0, 0.05) is 90.9 Å². The van der Waals surface area contributed by atoms with Crippen molar-refractivity contribution in [1.29, 1.82) is 0 Å². The van der Waals surface area contributed by atoms with Crippen LogP contribution in [0.3, 0.4) is 0 Å². The number of esters is 3. The van der Waals surface area contributed by atoms with Gasteiger partial charge in [0.1, 0.15) is 11.2 Å². The number of fused-ring (bicyclic) bond motifs is 6. The molecule has 13 heteroatoms. The van der Waals surface area contributed by atoms with E-state index in [9.17, 15) is 19.8 Å². The van der Waals surface area contributed by atoms with Gasteiger partial charge in [-0.15, -0.1) is 0 Å². The largest absolute Gasteiger partial charge is 0.496 e. The summed E-state index contributed by atoms with van der Waals surface area (Å²) >= 11 is 0. The van der Waals surface area contributed by atoms with E-state index in [-0.39, 0.29) is 12.0 Å². The summed E-state index contributed by atoms with van der Waals surface area (Å²) in [7, 11) is 6.18. The number of methoxy groups -OCH3 is 3. The molecule has 2 unspecified atom stereocenters. The van der Waals surface area contributed by atoms with Gasteiger partial charge in [0.05, 0.1) is 33.0 Å². The van der Waals surface area contributed by atoms with Gasteiger partial charge in [0.2, 0.25) is 5.60 Å². The van der Waals surface area contributed by atoms with Crippen molar-refractivity contribution in [3.8, 4) is 5.75 Å². The maximum atomic E-state index is 15.3. The molecule has 10 atom stereocenters. The van der Waals surface area contributed by atoms with E-state index in [4.69, 9.17) is 18.9 Å². The maximum absolute atomic E-state index is 15.3. The van der Waals surface area contributed by atoms with Crippen molar-refractivity contribution in [1.82, 2.24) is 14.8 Å². The van der Waals surface area contributed by atoms with Gasteiger partial charge in [-0.1, -0.05) is 44.2 Å². The molecule has 2 aromatic carbocycles. The van der Waals surface area contributed by atoms with E-state index in [0.717, 1.165) is 40.0 Å². The molecule has 0 radical (unpaired) electrons. The second-order valence-corrected chi connectivity index (χ2v) is 18.5. The van der Waals surface area contributed by atoms with Gasteiger partial charge >= 0.3 is 17.9 Å². The van der Waals surface area contributed by atoms with Gasteiger partial charge < -0.3 is 39.0 Å². The van der Waals surface area contributed by atoms with Gasteiger partial charge in [0.25, 0.3) is 0 Å². The van der Waals surface area contributed by atoms with Crippen LogP contribution in [0.1, 0.15) is 81.7 Å². The van der Waals surface area contributed by atoms with E-state index < -0.39 is 57.5 Å².